The van der Waals surface area contributed by atoms with Gasteiger partial charge < -0.3 is 10.2 Å². The lowest BCUT2D eigenvalue weighted by molar-refractivity contribution is 0.151. The summed E-state index contributed by atoms with van der Waals surface area (Å²) < 4.78 is 0. The number of piperidine rings is 2. The minimum Gasteiger partial charge on any atom is -0.312 e. The van der Waals surface area contributed by atoms with Crippen molar-refractivity contribution in [1.29, 1.82) is 0 Å². The molecule has 3 nitrogen and oxygen atoms in total. The Morgan fingerprint density at radius 1 is 0.950 bits per heavy atom. The number of hydrogen-bond donors (Lipinski definition) is 1. The maximum Gasteiger partial charge on any atom is 0.0192 e. The normalized spacial score (nSPS) is 25.2. The van der Waals surface area contributed by atoms with Gasteiger partial charge in [-0.3, -0.25) is 4.90 Å². The quantitative estimate of drug-likeness (QED) is 0.807. The largest absolute Gasteiger partial charge is 0.312 e. The molecule has 2 fully saturated rings. The van der Waals surface area contributed by atoms with Crippen molar-refractivity contribution in [2.75, 3.05) is 39.3 Å². The third kappa shape index (κ3) is 5.34. The Hall–Kier alpha value is -0.120. The molecule has 1 unspecified atom stereocenters. The molecule has 2 heterocycles. The SMILES string of the molecule is CC(C)CN1CCC(NCC(C)N2CCCCC2)CC1. The summed E-state index contributed by atoms with van der Waals surface area (Å²) in [4.78, 5) is 5.31. The second-order valence-electron chi connectivity index (χ2n) is 7.32. The highest BCUT2D eigenvalue weighted by atomic mass is 15.2. The number of rotatable bonds is 6. The average molecular weight is 281 g/mol. The summed E-state index contributed by atoms with van der Waals surface area (Å²) >= 11 is 0. The van der Waals surface area contributed by atoms with Crippen LogP contribution in [0.15, 0.2) is 0 Å². The summed E-state index contributed by atoms with van der Waals surface area (Å²) in [7, 11) is 0. The average Bonchev–Trinajstić information content (AvgIpc) is 2.46. The fraction of sp³-hybridized carbons (Fsp3) is 1.00. The third-order valence-corrected chi connectivity index (χ3v) is 4.93. The zero-order chi connectivity index (χ0) is 14.4. The Labute approximate surface area is 126 Å². The predicted molar refractivity (Wildman–Crippen MR) is 87.2 cm³/mol. The second kappa shape index (κ2) is 8.35. The molecule has 1 atom stereocenters. The van der Waals surface area contributed by atoms with Gasteiger partial charge in [-0.1, -0.05) is 20.3 Å². The summed E-state index contributed by atoms with van der Waals surface area (Å²) in [6.45, 7) is 14.7. The van der Waals surface area contributed by atoms with E-state index < -0.39 is 0 Å². The molecule has 2 saturated heterocycles. The van der Waals surface area contributed by atoms with Crippen LogP contribution in [-0.4, -0.2) is 61.2 Å². The second-order valence-corrected chi connectivity index (χ2v) is 7.32. The molecule has 2 rings (SSSR count). The molecule has 2 aliphatic rings. The van der Waals surface area contributed by atoms with Crippen molar-refractivity contribution in [2.24, 2.45) is 5.92 Å². The zero-order valence-electron chi connectivity index (χ0n) is 13.9. The molecule has 0 radical (unpaired) electrons. The molecule has 0 aromatic rings. The lowest BCUT2D eigenvalue weighted by Gasteiger charge is -2.36. The van der Waals surface area contributed by atoms with Gasteiger partial charge in [-0.05, 0) is 64.7 Å². The Bertz CT molecular complexity index is 253. The molecule has 0 aromatic heterocycles. The van der Waals surface area contributed by atoms with Gasteiger partial charge in [0.1, 0.15) is 0 Å². The van der Waals surface area contributed by atoms with Gasteiger partial charge in [-0.15, -0.1) is 0 Å². The molecule has 3 heteroatoms. The van der Waals surface area contributed by atoms with Crippen molar-refractivity contribution >= 4 is 0 Å². The van der Waals surface area contributed by atoms with Crippen molar-refractivity contribution in [3.63, 3.8) is 0 Å². The minimum absolute atomic E-state index is 0.712. The van der Waals surface area contributed by atoms with Crippen LogP contribution in [0.1, 0.15) is 52.9 Å². The van der Waals surface area contributed by atoms with Crippen LogP contribution < -0.4 is 5.32 Å². The molecule has 0 aliphatic carbocycles. The molecule has 0 aromatic carbocycles. The lowest BCUT2D eigenvalue weighted by atomic mass is 10.0. The van der Waals surface area contributed by atoms with Crippen LogP contribution in [0.4, 0.5) is 0 Å². The lowest BCUT2D eigenvalue weighted by Crippen LogP contribution is -2.48. The number of nitrogens with one attached hydrogen (secondary N) is 1. The molecule has 0 spiro atoms. The number of likely N-dealkylation sites (tertiary alicyclic amines) is 2. The van der Waals surface area contributed by atoms with E-state index in [-0.39, 0.29) is 0 Å². The van der Waals surface area contributed by atoms with Crippen molar-refractivity contribution in [3.05, 3.63) is 0 Å². The van der Waals surface area contributed by atoms with Gasteiger partial charge in [0.25, 0.3) is 0 Å². The fourth-order valence-corrected chi connectivity index (χ4v) is 3.66. The van der Waals surface area contributed by atoms with E-state index in [9.17, 15) is 0 Å². The molecule has 1 N–H and O–H groups in total. The van der Waals surface area contributed by atoms with Crippen LogP contribution in [0, 0.1) is 5.92 Å². The van der Waals surface area contributed by atoms with Crippen molar-refractivity contribution < 1.29 is 0 Å². The van der Waals surface area contributed by atoms with Gasteiger partial charge in [-0.25, -0.2) is 0 Å². The van der Waals surface area contributed by atoms with E-state index >= 15 is 0 Å². The Morgan fingerprint density at radius 3 is 2.20 bits per heavy atom. The third-order valence-electron chi connectivity index (χ3n) is 4.93. The highest BCUT2D eigenvalue weighted by Gasteiger charge is 2.21. The van der Waals surface area contributed by atoms with E-state index in [0.29, 0.717) is 6.04 Å². The van der Waals surface area contributed by atoms with Crippen molar-refractivity contribution in [3.8, 4) is 0 Å². The summed E-state index contributed by atoms with van der Waals surface area (Å²) in [5.41, 5.74) is 0. The molecule has 0 amide bonds. The van der Waals surface area contributed by atoms with E-state index in [4.69, 9.17) is 0 Å². The van der Waals surface area contributed by atoms with Gasteiger partial charge in [0.2, 0.25) is 0 Å². The first kappa shape index (κ1) is 16.3. The standard InChI is InChI=1S/C17H35N3/c1-15(2)14-19-11-7-17(8-12-19)18-13-16(3)20-9-5-4-6-10-20/h15-18H,4-14H2,1-3H3. The summed E-state index contributed by atoms with van der Waals surface area (Å²) in [6, 6.07) is 1.47. The maximum absolute atomic E-state index is 3.82. The number of nitrogens with zero attached hydrogens (tertiary/aromatic N) is 2. The van der Waals surface area contributed by atoms with E-state index in [1.165, 1.54) is 71.4 Å². The predicted octanol–water partition coefficient (Wildman–Crippen LogP) is 2.57. The molecular formula is C17H35N3. The zero-order valence-corrected chi connectivity index (χ0v) is 13.9. The van der Waals surface area contributed by atoms with Gasteiger partial charge >= 0.3 is 0 Å². The molecular weight excluding hydrogens is 246 g/mol. The topological polar surface area (TPSA) is 18.5 Å². The van der Waals surface area contributed by atoms with E-state index in [1.807, 2.05) is 0 Å². The highest BCUT2D eigenvalue weighted by Crippen LogP contribution is 2.14. The molecule has 0 bridgehead atoms. The van der Waals surface area contributed by atoms with Crippen LogP contribution >= 0.6 is 0 Å². The van der Waals surface area contributed by atoms with Crippen LogP contribution in [0.2, 0.25) is 0 Å². The van der Waals surface area contributed by atoms with Crippen molar-refractivity contribution in [2.45, 2.75) is 65.0 Å². The Morgan fingerprint density at radius 2 is 1.60 bits per heavy atom. The van der Waals surface area contributed by atoms with Crippen LogP contribution in [0.25, 0.3) is 0 Å². The highest BCUT2D eigenvalue weighted by molar-refractivity contribution is 4.80. The Kier molecular flexibility index (Phi) is 6.79. The summed E-state index contributed by atoms with van der Waals surface area (Å²) in [5, 5.41) is 3.82. The van der Waals surface area contributed by atoms with Gasteiger partial charge in [0, 0.05) is 25.2 Å². The first-order valence-electron chi connectivity index (χ1n) is 8.85. The van der Waals surface area contributed by atoms with Crippen molar-refractivity contribution in [1.82, 2.24) is 15.1 Å². The molecule has 118 valence electrons. The van der Waals surface area contributed by atoms with E-state index in [0.717, 1.165) is 12.0 Å². The van der Waals surface area contributed by atoms with E-state index in [1.54, 1.807) is 0 Å². The number of hydrogen-bond acceptors (Lipinski definition) is 3. The maximum atomic E-state index is 3.82. The fourth-order valence-electron chi connectivity index (χ4n) is 3.66. The Balaban J connectivity index is 1.60. The summed E-state index contributed by atoms with van der Waals surface area (Å²) in [5.74, 6) is 0.804. The van der Waals surface area contributed by atoms with Crippen LogP contribution in [-0.2, 0) is 0 Å². The molecule has 2 aliphatic heterocycles. The monoisotopic (exact) mass is 281 g/mol. The molecule has 20 heavy (non-hydrogen) atoms. The van der Waals surface area contributed by atoms with Gasteiger partial charge in [-0.2, -0.15) is 0 Å². The first-order chi connectivity index (χ1) is 9.65. The van der Waals surface area contributed by atoms with Gasteiger partial charge in [0.15, 0.2) is 0 Å². The smallest absolute Gasteiger partial charge is 0.0192 e. The summed E-state index contributed by atoms with van der Waals surface area (Å²) in [6.07, 6.45) is 6.90. The molecule has 0 saturated carbocycles. The minimum atomic E-state index is 0.712. The van der Waals surface area contributed by atoms with Crippen LogP contribution in [0.5, 0.6) is 0 Å². The first-order valence-corrected chi connectivity index (χ1v) is 8.85. The van der Waals surface area contributed by atoms with Gasteiger partial charge in [0.05, 0.1) is 0 Å². The van der Waals surface area contributed by atoms with E-state index in [2.05, 4.69) is 35.9 Å². The van der Waals surface area contributed by atoms with Crippen LogP contribution in [0.3, 0.4) is 0 Å².